The number of phenolic OH excluding ortho intramolecular Hbond substituents is 1. The summed E-state index contributed by atoms with van der Waals surface area (Å²) in [7, 11) is 2.14. The summed E-state index contributed by atoms with van der Waals surface area (Å²) in [5, 5.41) is 40.3. The van der Waals surface area contributed by atoms with E-state index < -0.39 is 17.7 Å². The molecule has 1 aliphatic carbocycles. The molecule has 3 aromatic heterocycles. The van der Waals surface area contributed by atoms with Gasteiger partial charge < -0.3 is 40.0 Å². The molecule has 0 saturated heterocycles. The third-order valence-electron chi connectivity index (χ3n) is 9.91. The minimum absolute atomic E-state index is 0.0305. The van der Waals surface area contributed by atoms with E-state index in [-0.39, 0.29) is 23.5 Å². The number of benzene rings is 2. The number of aliphatic hydroxyl groups excluding tert-OH is 1. The molecule has 1 saturated carbocycles. The van der Waals surface area contributed by atoms with E-state index in [1.165, 1.54) is 34.8 Å². The number of hydrogen-bond acceptors (Lipinski definition) is 11. The number of aromatic amines is 1. The molecule has 3 heterocycles. The number of pyridine rings is 1. The van der Waals surface area contributed by atoms with Crippen molar-refractivity contribution in [1.29, 1.82) is 0 Å². The fraction of sp³-hybridized carbons (Fsp3) is 0.400. The van der Waals surface area contributed by atoms with Crippen LogP contribution in [0.5, 0.6) is 11.5 Å². The smallest absolute Gasteiger partial charge is 0.349 e. The molecule has 6 rings (SSSR count). The van der Waals surface area contributed by atoms with Crippen LogP contribution >= 0.6 is 22.7 Å². The van der Waals surface area contributed by atoms with E-state index in [9.17, 15) is 24.9 Å². The molecule has 0 radical (unpaired) electrons. The Morgan fingerprint density at radius 3 is 2.35 bits per heavy atom. The molecular formula is C40H47N3O7S2. The summed E-state index contributed by atoms with van der Waals surface area (Å²) < 4.78 is 12.0. The SMILES string of the molecule is CC(Cc1ccc(OCCCN(C)[C@H]2CC[C@H](OC(=O)C(O)(c3cccs3)c3cccs3)CC2)cc1)NC[C@H](O)c1ccc(O)c2[nH]c(=O)ccc12. The van der Waals surface area contributed by atoms with Crippen molar-refractivity contribution in [2.75, 3.05) is 26.7 Å². The van der Waals surface area contributed by atoms with Crippen molar-refractivity contribution < 1.29 is 29.6 Å². The van der Waals surface area contributed by atoms with Gasteiger partial charge in [-0.3, -0.25) is 4.79 Å². The van der Waals surface area contributed by atoms with Crippen LogP contribution in [0.1, 0.15) is 66.0 Å². The maximum atomic E-state index is 13.3. The second-order valence-corrected chi connectivity index (χ2v) is 15.5. The highest BCUT2D eigenvalue weighted by Crippen LogP contribution is 2.38. The van der Waals surface area contributed by atoms with Crippen molar-refractivity contribution in [3.05, 3.63) is 115 Å². The molecule has 0 amide bonds. The monoisotopic (exact) mass is 745 g/mol. The number of thiophene rings is 2. The first kappa shape index (κ1) is 37.7. The van der Waals surface area contributed by atoms with Gasteiger partial charge in [0, 0.05) is 36.6 Å². The predicted octanol–water partition coefficient (Wildman–Crippen LogP) is 6.10. The molecule has 1 unspecified atom stereocenters. The number of nitrogens with one attached hydrogen (secondary N) is 2. The van der Waals surface area contributed by atoms with Gasteiger partial charge in [-0.1, -0.05) is 30.3 Å². The number of esters is 1. The quantitative estimate of drug-likeness (QED) is 0.0598. The van der Waals surface area contributed by atoms with Crippen LogP contribution in [0.4, 0.5) is 0 Å². The van der Waals surface area contributed by atoms with Crippen LogP contribution in [0.15, 0.2) is 88.4 Å². The summed E-state index contributed by atoms with van der Waals surface area (Å²) in [5.41, 5.74) is 0.0281. The van der Waals surface area contributed by atoms with Gasteiger partial charge in [0.05, 0.1) is 28.0 Å². The largest absolute Gasteiger partial charge is 0.506 e. The van der Waals surface area contributed by atoms with Gasteiger partial charge in [-0.05, 0) is 111 Å². The summed E-state index contributed by atoms with van der Waals surface area (Å²) >= 11 is 2.71. The number of phenols is 1. The van der Waals surface area contributed by atoms with Crippen LogP contribution in [-0.2, 0) is 21.6 Å². The number of fused-ring (bicyclic) bond motifs is 1. The second kappa shape index (κ2) is 17.2. The summed E-state index contributed by atoms with van der Waals surface area (Å²) in [6.45, 7) is 3.89. The summed E-state index contributed by atoms with van der Waals surface area (Å²) in [5.74, 6) is 0.201. The molecule has 1 fully saturated rings. The molecule has 2 atom stereocenters. The molecule has 1 aliphatic rings. The minimum Gasteiger partial charge on any atom is -0.506 e. The number of hydrogen-bond donors (Lipinski definition) is 5. The van der Waals surface area contributed by atoms with Gasteiger partial charge in [0.25, 0.3) is 0 Å². The van der Waals surface area contributed by atoms with Crippen molar-refractivity contribution in [2.24, 2.45) is 0 Å². The molecular weight excluding hydrogens is 699 g/mol. The summed E-state index contributed by atoms with van der Waals surface area (Å²) in [6, 6.07) is 22.0. The van der Waals surface area contributed by atoms with Crippen LogP contribution in [0.2, 0.25) is 0 Å². The Morgan fingerprint density at radius 2 is 1.69 bits per heavy atom. The van der Waals surface area contributed by atoms with Crippen LogP contribution in [0.25, 0.3) is 10.9 Å². The van der Waals surface area contributed by atoms with Crippen LogP contribution < -0.4 is 15.6 Å². The van der Waals surface area contributed by atoms with Gasteiger partial charge in [0.15, 0.2) is 0 Å². The zero-order chi connectivity index (χ0) is 36.7. The first-order valence-electron chi connectivity index (χ1n) is 17.8. The second-order valence-electron chi connectivity index (χ2n) is 13.6. The highest BCUT2D eigenvalue weighted by molar-refractivity contribution is 7.12. The van der Waals surface area contributed by atoms with E-state index in [4.69, 9.17) is 9.47 Å². The fourth-order valence-electron chi connectivity index (χ4n) is 6.94. The first-order valence-corrected chi connectivity index (χ1v) is 19.6. The Morgan fingerprint density at radius 1 is 1.00 bits per heavy atom. The molecule has 276 valence electrons. The summed E-state index contributed by atoms with van der Waals surface area (Å²) in [4.78, 5) is 31.2. The number of carbonyl (C=O) groups is 1. The Labute approximate surface area is 311 Å². The molecule has 10 nitrogen and oxygen atoms in total. The van der Waals surface area contributed by atoms with Gasteiger partial charge in [0.1, 0.15) is 17.6 Å². The van der Waals surface area contributed by atoms with Crippen LogP contribution in [0.3, 0.4) is 0 Å². The number of nitrogens with zero attached hydrogens (tertiary/aromatic N) is 1. The molecule has 12 heteroatoms. The van der Waals surface area contributed by atoms with Gasteiger partial charge in [-0.2, -0.15) is 0 Å². The zero-order valence-corrected chi connectivity index (χ0v) is 31.1. The third kappa shape index (κ3) is 8.94. The first-order chi connectivity index (χ1) is 25.1. The third-order valence-corrected chi connectivity index (χ3v) is 11.9. The van der Waals surface area contributed by atoms with Crippen molar-refractivity contribution in [1.82, 2.24) is 15.2 Å². The lowest BCUT2D eigenvalue weighted by atomic mass is 9.91. The standard InChI is InChI=1S/C40H47N3O7S2/c1-26(41-25-34(45)31-16-18-33(44)38-32(31)17-19-37(46)42-38)24-27-8-12-29(13-9-27)49-21-5-20-43(2)28-10-14-30(15-11-28)50-39(47)40(48,35-6-3-22-51-35)36-7-4-23-52-36/h3-4,6-9,12-13,16-19,22-23,26,28,30,34,41,44-45,48H,5,10-11,14-15,20-21,24-25H2,1-2H3,(H,42,46)/t26?,28-,30-,34-/m0/s1. The number of aromatic hydroxyl groups is 1. The van der Waals surface area contributed by atoms with E-state index in [0.29, 0.717) is 45.4 Å². The number of aliphatic hydroxyl groups is 2. The van der Waals surface area contributed by atoms with Crippen LogP contribution in [-0.4, -0.2) is 76.1 Å². The fourth-order valence-corrected chi connectivity index (χ4v) is 8.65. The Bertz CT molecular complexity index is 1900. The number of aromatic nitrogens is 1. The molecule has 0 bridgehead atoms. The van der Waals surface area contributed by atoms with E-state index in [1.807, 2.05) is 35.0 Å². The van der Waals surface area contributed by atoms with E-state index in [0.717, 1.165) is 56.4 Å². The van der Waals surface area contributed by atoms with Crippen molar-refractivity contribution in [3.63, 3.8) is 0 Å². The molecule has 5 aromatic rings. The van der Waals surface area contributed by atoms with Gasteiger partial charge >= 0.3 is 5.97 Å². The number of rotatable bonds is 16. The molecule has 0 aliphatic heterocycles. The van der Waals surface area contributed by atoms with Gasteiger partial charge in [-0.15, -0.1) is 22.7 Å². The Kier molecular flexibility index (Phi) is 12.5. The number of carbonyl (C=O) groups excluding carboxylic acids is 1. The van der Waals surface area contributed by atoms with Gasteiger partial charge in [0.2, 0.25) is 11.2 Å². The lowest BCUT2D eigenvalue weighted by Gasteiger charge is -2.35. The molecule has 52 heavy (non-hydrogen) atoms. The average Bonchev–Trinajstić information content (AvgIpc) is 3.90. The number of H-pyrrole nitrogens is 1. The van der Waals surface area contributed by atoms with E-state index in [1.54, 1.807) is 24.3 Å². The highest BCUT2D eigenvalue weighted by atomic mass is 32.1. The van der Waals surface area contributed by atoms with Crippen molar-refractivity contribution in [3.8, 4) is 11.5 Å². The predicted molar refractivity (Wildman–Crippen MR) is 205 cm³/mol. The maximum Gasteiger partial charge on any atom is 0.349 e. The normalized spacial score (nSPS) is 17.6. The lowest BCUT2D eigenvalue weighted by Crippen LogP contribution is -2.42. The average molecular weight is 746 g/mol. The molecule has 5 N–H and O–H groups in total. The van der Waals surface area contributed by atoms with E-state index in [2.05, 4.69) is 41.3 Å². The Balaban J connectivity index is 0.883. The maximum absolute atomic E-state index is 13.3. The lowest BCUT2D eigenvalue weighted by molar-refractivity contribution is -0.169. The zero-order valence-electron chi connectivity index (χ0n) is 29.5. The Hall–Kier alpha value is -4.04. The molecule has 0 spiro atoms. The van der Waals surface area contributed by atoms with Crippen molar-refractivity contribution >= 4 is 39.5 Å². The van der Waals surface area contributed by atoms with Crippen LogP contribution in [0, 0.1) is 0 Å². The van der Waals surface area contributed by atoms with Gasteiger partial charge in [-0.25, -0.2) is 4.79 Å². The topological polar surface area (TPSA) is 144 Å². The van der Waals surface area contributed by atoms with Crippen molar-refractivity contribution in [2.45, 2.75) is 75.3 Å². The van der Waals surface area contributed by atoms with E-state index >= 15 is 0 Å². The highest BCUT2D eigenvalue weighted by Gasteiger charge is 2.45. The summed E-state index contributed by atoms with van der Waals surface area (Å²) in [6.07, 6.45) is 4.02. The number of ether oxygens (including phenoxy) is 2. The molecule has 2 aromatic carbocycles. The minimum atomic E-state index is -1.77.